The second-order valence-electron chi connectivity index (χ2n) is 4.62. The zero-order valence-electron chi connectivity index (χ0n) is 10.7. The van der Waals surface area contributed by atoms with Crippen molar-refractivity contribution in [2.75, 3.05) is 18.1 Å². The molecule has 1 saturated heterocycles. The van der Waals surface area contributed by atoms with Crippen LogP contribution in [0.5, 0.6) is 0 Å². The van der Waals surface area contributed by atoms with Gasteiger partial charge in [0.1, 0.15) is 5.76 Å². The summed E-state index contributed by atoms with van der Waals surface area (Å²) in [6, 6.07) is 3.18. The third-order valence-corrected chi connectivity index (χ3v) is 4.86. The number of furan rings is 1. The van der Waals surface area contributed by atoms with Gasteiger partial charge in [-0.15, -0.1) is 5.92 Å². The maximum atomic E-state index is 11.6. The van der Waals surface area contributed by atoms with Crippen LogP contribution in [0.3, 0.4) is 0 Å². The van der Waals surface area contributed by atoms with Crippen molar-refractivity contribution in [2.45, 2.75) is 25.6 Å². The van der Waals surface area contributed by atoms with Crippen molar-refractivity contribution in [3.05, 3.63) is 24.2 Å². The summed E-state index contributed by atoms with van der Waals surface area (Å²) in [7, 11) is -3.16. The van der Waals surface area contributed by atoms with Crippen LogP contribution in [0.25, 0.3) is 0 Å². The maximum absolute atomic E-state index is 11.6. The minimum Gasteiger partial charge on any atom is -0.468 e. The van der Waals surface area contributed by atoms with Gasteiger partial charge in [0.2, 0.25) is 0 Å². The van der Waals surface area contributed by atoms with E-state index in [2.05, 4.69) is 11.8 Å². The van der Waals surface area contributed by atoms with Gasteiger partial charge < -0.3 is 9.52 Å². The van der Waals surface area contributed by atoms with Gasteiger partial charge in [0.25, 0.3) is 0 Å². The van der Waals surface area contributed by atoms with Crippen LogP contribution in [0.1, 0.15) is 12.7 Å². The molecule has 1 N–H and O–H groups in total. The fourth-order valence-corrected chi connectivity index (χ4v) is 4.06. The van der Waals surface area contributed by atoms with Crippen LogP contribution < -0.4 is 0 Å². The fraction of sp³-hybridized carbons (Fsp3) is 0.538. The molecule has 0 saturated carbocycles. The lowest BCUT2D eigenvalue weighted by atomic mass is 10.1. The Morgan fingerprint density at radius 1 is 1.53 bits per heavy atom. The highest BCUT2D eigenvalue weighted by Crippen LogP contribution is 2.20. The predicted molar refractivity (Wildman–Crippen MR) is 71.0 cm³/mol. The van der Waals surface area contributed by atoms with Crippen LogP contribution in [0.2, 0.25) is 0 Å². The Morgan fingerprint density at radius 2 is 2.32 bits per heavy atom. The highest BCUT2D eigenvalue weighted by molar-refractivity contribution is 7.91. The van der Waals surface area contributed by atoms with E-state index in [9.17, 15) is 13.5 Å². The van der Waals surface area contributed by atoms with Crippen LogP contribution in [0.4, 0.5) is 0 Å². The van der Waals surface area contributed by atoms with Crippen molar-refractivity contribution in [1.29, 1.82) is 0 Å². The highest BCUT2D eigenvalue weighted by Gasteiger charge is 2.39. The van der Waals surface area contributed by atoms with Crippen molar-refractivity contribution < 1.29 is 17.9 Å². The third kappa shape index (κ3) is 3.60. The van der Waals surface area contributed by atoms with Crippen LogP contribution in [-0.2, 0) is 16.4 Å². The summed E-state index contributed by atoms with van der Waals surface area (Å²) in [6.45, 7) is 2.58. The Bertz CT molecular complexity index is 568. The summed E-state index contributed by atoms with van der Waals surface area (Å²) >= 11 is 0. The standard InChI is InChI=1S/C13H17NO4S/c1-2-3-6-14(8-11-5-4-7-18-11)12-9-19(16,17)10-13(12)15/h4-5,7,12-13,15H,6,8-10H2,1H3. The molecule has 1 aliphatic rings. The van der Waals surface area contributed by atoms with Crippen molar-refractivity contribution >= 4 is 9.84 Å². The van der Waals surface area contributed by atoms with Gasteiger partial charge in [-0.1, -0.05) is 5.92 Å². The van der Waals surface area contributed by atoms with Crippen LogP contribution in [0.15, 0.2) is 22.8 Å². The van der Waals surface area contributed by atoms with Crippen molar-refractivity contribution in [3.63, 3.8) is 0 Å². The van der Waals surface area contributed by atoms with E-state index < -0.39 is 22.0 Å². The predicted octanol–water partition coefficient (Wildman–Crippen LogP) is 0.263. The number of hydrogen-bond donors (Lipinski definition) is 1. The number of sulfone groups is 1. The lowest BCUT2D eigenvalue weighted by Gasteiger charge is -2.27. The molecule has 5 nitrogen and oxygen atoms in total. The molecule has 6 heteroatoms. The summed E-state index contributed by atoms with van der Waals surface area (Å²) in [5.41, 5.74) is 0. The first kappa shape index (κ1) is 14.1. The van der Waals surface area contributed by atoms with Gasteiger partial charge >= 0.3 is 0 Å². The summed E-state index contributed by atoms with van der Waals surface area (Å²) in [4.78, 5) is 1.85. The fourth-order valence-electron chi connectivity index (χ4n) is 2.23. The molecule has 1 fully saturated rings. The monoisotopic (exact) mass is 283 g/mol. The quantitative estimate of drug-likeness (QED) is 0.803. The molecule has 1 aliphatic heterocycles. The average Bonchev–Trinajstić information content (AvgIpc) is 2.92. The smallest absolute Gasteiger partial charge is 0.154 e. The number of aliphatic hydroxyl groups is 1. The average molecular weight is 283 g/mol. The molecule has 104 valence electrons. The molecule has 0 radical (unpaired) electrons. The van der Waals surface area contributed by atoms with Gasteiger partial charge in [-0.25, -0.2) is 8.42 Å². The van der Waals surface area contributed by atoms with E-state index in [-0.39, 0.29) is 11.5 Å². The molecule has 2 atom stereocenters. The number of aliphatic hydroxyl groups excluding tert-OH is 1. The first-order valence-corrected chi connectivity index (χ1v) is 7.88. The normalized spacial score (nSPS) is 25.2. The number of nitrogens with zero attached hydrogens (tertiary/aromatic N) is 1. The first-order valence-electron chi connectivity index (χ1n) is 6.06. The Labute approximate surface area is 113 Å². The van der Waals surface area contributed by atoms with E-state index >= 15 is 0 Å². The summed E-state index contributed by atoms with van der Waals surface area (Å²) in [6.07, 6.45) is 0.708. The molecule has 1 aromatic heterocycles. The SMILES string of the molecule is CC#CCN(Cc1ccco1)C1CS(=O)(=O)CC1O. The zero-order valence-corrected chi connectivity index (χ0v) is 11.6. The molecule has 2 rings (SSSR count). The number of hydrogen-bond acceptors (Lipinski definition) is 5. The molecule has 0 amide bonds. The molecule has 19 heavy (non-hydrogen) atoms. The molecule has 0 aromatic carbocycles. The molecule has 2 heterocycles. The van der Waals surface area contributed by atoms with Crippen molar-refractivity contribution in [3.8, 4) is 11.8 Å². The molecule has 0 aliphatic carbocycles. The van der Waals surface area contributed by atoms with Gasteiger partial charge in [0, 0.05) is 0 Å². The van der Waals surface area contributed by atoms with E-state index in [4.69, 9.17) is 4.42 Å². The molecular formula is C13H17NO4S. The Morgan fingerprint density at radius 3 is 2.84 bits per heavy atom. The molecular weight excluding hydrogens is 266 g/mol. The van der Waals surface area contributed by atoms with Gasteiger partial charge in [-0.2, -0.15) is 0 Å². The molecule has 1 aromatic rings. The van der Waals surface area contributed by atoms with Crippen LogP contribution in [-0.4, -0.2) is 48.6 Å². The van der Waals surface area contributed by atoms with E-state index in [1.807, 2.05) is 11.0 Å². The summed E-state index contributed by atoms with van der Waals surface area (Å²) in [5, 5.41) is 9.92. The topological polar surface area (TPSA) is 70.8 Å². The highest BCUT2D eigenvalue weighted by atomic mass is 32.2. The second kappa shape index (κ2) is 5.78. The maximum Gasteiger partial charge on any atom is 0.154 e. The minimum absolute atomic E-state index is 0.0275. The van der Waals surface area contributed by atoms with E-state index in [1.165, 1.54) is 0 Å². The Balaban J connectivity index is 2.14. The van der Waals surface area contributed by atoms with Crippen molar-refractivity contribution in [2.24, 2.45) is 0 Å². The first-order chi connectivity index (χ1) is 9.02. The Kier molecular flexibility index (Phi) is 4.30. The molecule has 0 spiro atoms. The van der Waals surface area contributed by atoms with Crippen molar-refractivity contribution in [1.82, 2.24) is 4.90 Å². The van der Waals surface area contributed by atoms with Gasteiger partial charge in [0.05, 0.1) is 43.0 Å². The Hall–Kier alpha value is -1.29. The number of rotatable bonds is 4. The summed E-state index contributed by atoms with van der Waals surface area (Å²) < 4.78 is 28.4. The van der Waals surface area contributed by atoms with Crippen LogP contribution in [0, 0.1) is 11.8 Å². The lowest BCUT2D eigenvalue weighted by Crippen LogP contribution is -2.42. The van der Waals surface area contributed by atoms with Gasteiger partial charge in [0.15, 0.2) is 9.84 Å². The largest absolute Gasteiger partial charge is 0.468 e. The second-order valence-corrected chi connectivity index (χ2v) is 6.78. The van der Waals surface area contributed by atoms with E-state index in [1.54, 1.807) is 19.3 Å². The zero-order chi connectivity index (χ0) is 13.9. The lowest BCUT2D eigenvalue weighted by molar-refractivity contribution is 0.0832. The molecule has 2 unspecified atom stereocenters. The van der Waals surface area contributed by atoms with E-state index in [0.717, 1.165) is 5.76 Å². The van der Waals surface area contributed by atoms with Crippen LogP contribution >= 0.6 is 0 Å². The summed E-state index contributed by atoms with van der Waals surface area (Å²) in [5.74, 6) is 6.23. The van der Waals surface area contributed by atoms with Gasteiger partial charge in [-0.05, 0) is 19.1 Å². The van der Waals surface area contributed by atoms with Gasteiger partial charge in [-0.3, -0.25) is 4.90 Å². The minimum atomic E-state index is -3.16. The molecule has 0 bridgehead atoms. The van der Waals surface area contributed by atoms with E-state index in [0.29, 0.717) is 13.1 Å². The third-order valence-electron chi connectivity index (χ3n) is 3.16.